The zero-order valence-electron chi connectivity index (χ0n) is 26.0. The molecule has 6 atom stereocenters. The second kappa shape index (κ2) is 11.8. The number of amides is 3. The van der Waals surface area contributed by atoms with Crippen molar-refractivity contribution >= 4 is 23.4 Å². The van der Waals surface area contributed by atoms with Crippen LogP contribution in [0, 0.1) is 11.8 Å². The van der Waals surface area contributed by atoms with Gasteiger partial charge in [0, 0.05) is 24.3 Å². The molecule has 0 saturated carbocycles. The van der Waals surface area contributed by atoms with Gasteiger partial charge in [-0.2, -0.15) is 0 Å². The van der Waals surface area contributed by atoms with Gasteiger partial charge >= 0.3 is 0 Å². The number of aliphatic hydroxyl groups is 1. The summed E-state index contributed by atoms with van der Waals surface area (Å²) in [4.78, 5) is 48.4. The van der Waals surface area contributed by atoms with Crippen LogP contribution in [0.1, 0.15) is 60.8 Å². The van der Waals surface area contributed by atoms with E-state index in [1.165, 1.54) is 4.90 Å². The molecule has 0 radical (unpaired) electrons. The van der Waals surface area contributed by atoms with Crippen molar-refractivity contribution < 1.29 is 29.0 Å². The summed E-state index contributed by atoms with van der Waals surface area (Å²) >= 11 is 0. The lowest BCUT2D eigenvalue weighted by Gasteiger charge is -2.43. The van der Waals surface area contributed by atoms with Crippen molar-refractivity contribution in [3.63, 3.8) is 0 Å². The third-order valence-electron chi connectivity index (χ3n) is 9.28. The number of benzene rings is 1. The Morgan fingerprint density at radius 2 is 1.79 bits per heavy atom. The number of carbonyl (C=O) groups is 3. The second-order valence-electron chi connectivity index (χ2n) is 12.7. The molecule has 3 heterocycles. The third kappa shape index (κ3) is 4.94. The lowest BCUT2D eigenvalue weighted by Crippen LogP contribution is -2.61. The van der Waals surface area contributed by atoms with E-state index in [-0.39, 0.29) is 30.9 Å². The van der Waals surface area contributed by atoms with Crippen LogP contribution in [-0.4, -0.2) is 87.8 Å². The first-order valence-corrected chi connectivity index (χ1v) is 15.1. The van der Waals surface area contributed by atoms with Crippen LogP contribution in [0.5, 0.6) is 5.75 Å². The van der Waals surface area contributed by atoms with Crippen molar-refractivity contribution in [2.75, 3.05) is 31.2 Å². The Morgan fingerprint density at radius 1 is 1.14 bits per heavy atom. The van der Waals surface area contributed by atoms with Gasteiger partial charge in [0.1, 0.15) is 17.4 Å². The fraction of sp³-hybridized carbons (Fsp3) is 0.606. The van der Waals surface area contributed by atoms with Crippen molar-refractivity contribution in [3.05, 3.63) is 49.6 Å². The predicted molar refractivity (Wildman–Crippen MR) is 162 cm³/mol. The molecule has 0 aliphatic carbocycles. The van der Waals surface area contributed by atoms with Gasteiger partial charge in [0.05, 0.1) is 36.7 Å². The summed E-state index contributed by atoms with van der Waals surface area (Å²) in [7, 11) is 0. The molecule has 4 rings (SSSR count). The SMILES string of the molecule is C=CCN(C(=O)[C@H]1[C@H]2C(=O)N([C@H](C)CO)C(C(=O)N(CC=C)C(C)(C)C)C23CC[C@]1(CC)O3)c1ccc(OCC)cc1. The Kier molecular flexibility index (Phi) is 8.95. The van der Waals surface area contributed by atoms with E-state index >= 15 is 0 Å². The van der Waals surface area contributed by atoms with Gasteiger partial charge in [0.15, 0.2) is 0 Å². The van der Waals surface area contributed by atoms with E-state index in [0.717, 1.165) is 0 Å². The van der Waals surface area contributed by atoms with Crippen molar-refractivity contribution in [1.82, 2.24) is 9.80 Å². The van der Waals surface area contributed by atoms with Gasteiger partial charge in [-0.25, -0.2) is 0 Å². The summed E-state index contributed by atoms with van der Waals surface area (Å²) in [6.45, 7) is 19.9. The molecule has 1 spiro atoms. The van der Waals surface area contributed by atoms with Crippen LogP contribution in [0.25, 0.3) is 0 Å². The van der Waals surface area contributed by atoms with Crippen LogP contribution >= 0.6 is 0 Å². The maximum atomic E-state index is 14.6. The van der Waals surface area contributed by atoms with Gasteiger partial charge in [-0.15, -0.1) is 13.2 Å². The molecule has 42 heavy (non-hydrogen) atoms. The summed E-state index contributed by atoms with van der Waals surface area (Å²) in [6, 6.07) is 5.68. The number of anilines is 1. The molecular weight excluding hydrogens is 534 g/mol. The summed E-state index contributed by atoms with van der Waals surface area (Å²) in [5.74, 6) is -1.77. The average molecular weight is 582 g/mol. The first-order chi connectivity index (χ1) is 19.9. The Balaban J connectivity index is 1.83. The number of fused-ring (bicyclic) bond motifs is 1. The van der Waals surface area contributed by atoms with Crippen molar-refractivity contribution in [2.45, 2.75) is 89.6 Å². The predicted octanol–water partition coefficient (Wildman–Crippen LogP) is 3.95. The van der Waals surface area contributed by atoms with Crippen LogP contribution in [0.2, 0.25) is 0 Å². The molecule has 3 fully saturated rings. The monoisotopic (exact) mass is 581 g/mol. The smallest absolute Gasteiger partial charge is 0.249 e. The average Bonchev–Trinajstić information content (AvgIpc) is 3.57. The van der Waals surface area contributed by atoms with Gasteiger partial charge in [-0.05, 0) is 78.1 Å². The molecule has 230 valence electrons. The number of rotatable bonds is 12. The van der Waals surface area contributed by atoms with E-state index < -0.39 is 40.7 Å². The number of carbonyl (C=O) groups excluding carboxylic acids is 3. The summed E-state index contributed by atoms with van der Waals surface area (Å²) < 4.78 is 12.5. The summed E-state index contributed by atoms with van der Waals surface area (Å²) in [5.41, 5.74) is -1.97. The highest BCUT2D eigenvalue weighted by atomic mass is 16.5. The molecule has 9 nitrogen and oxygen atoms in total. The fourth-order valence-corrected chi connectivity index (χ4v) is 7.35. The molecular formula is C33H47N3O6. The highest BCUT2D eigenvalue weighted by Crippen LogP contribution is 2.65. The van der Waals surface area contributed by atoms with Crippen molar-refractivity contribution in [1.29, 1.82) is 0 Å². The van der Waals surface area contributed by atoms with Crippen molar-refractivity contribution in [2.24, 2.45) is 11.8 Å². The molecule has 3 aliphatic heterocycles. The molecule has 1 N–H and O–H groups in total. The van der Waals surface area contributed by atoms with E-state index in [4.69, 9.17) is 9.47 Å². The second-order valence-corrected chi connectivity index (χ2v) is 12.7. The van der Waals surface area contributed by atoms with Crippen LogP contribution in [0.3, 0.4) is 0 Å². The minimum absolute atomic E-state index is 0.232. The standard InChI is InChI=1S/C33H47N3O6/c1-9-19-34(23-13-15-24(16-14-23)41-12-4)28(38)25-26-29(39)36(22(5)21-37)27(30(40)35(20-10-2)31(6,7)8)33(26)18-17-32(25,11-3)42-33/h9-10,13-16,22,25-27,37H,1-2,11-12,17-21H2,3-8H3/t22-,25-,26+,27?,32+,33?/m1/s1. The maximum Gasteiger partial charge on any atom is 0.249 e. The number of ether oxygens (including phenoxy) is 2. The summed E-state index contributed by atoms with van der Waals surface area (Å²) in [6.07, 6.45) is 4.88. The Hall–Kier alpha value is -3.17. The number of nitrogens with zero attached hydrogens (tertiary/aromatic N) is 3. The zero-order valence-corrected chi connectivity index (χ0v) is 26.0. The van der Waals surface area contributed by atoms with Crippen LogP contribution in [-0.2, 0) is 19.1 Å². The Morgan fingerprint density at radius 3 is 2.31 bits per heavy atom. The molecule has 3 amide bonds. The normalized spacial score (nSPS) is 28.8. The zero-order chi connectivity index (χ0) is 31.0. The highest BCUT2D eigenvalue weighted by Gasteiger charge is 2.79. The first kappa shape index (κ1) is 31.8. The van der Waals surface area contributed by atoms with Crippen LogP contribution in [0.4, 0.5) is 5.69 Å². The minimum atomic E-state index is -1.18. The molecule has 1 aromatic rings. The van der Waals surface area contributed by atoms with E-state index in [1.54, 1.807) is 28.9 Å². The molecule has 2 bridgehead atoms. The first-order valence-electron chi connectivity index (χ1n) is 15.1. The molecule has 9 heteroatoms. The topological polar surface area (TPSA) is 99.6 Å². The Bertz CT molecular complexity index is 1210. The molecule has 0 aromatic heterocycles. The fourth-order valence-electron chi connectivity index (χ4n) is 7.35. The highest BCUT2D eigenvalue weighted by molar-refractivity contribution is 6.03. The van der Waals surface area contributed by atoms with Gasteiger partial charge in [0.2, 0.25) is 17.7 Å². The van der Waals surface area contributed by atoms with Crippen LogP contribution < -0.4 is 9.64 Å². The number of aliphatic hydroxyl groups excluding tert-OH is 1. The van der Waals surface area contributed by atoms with Gasteiger partial charge in [0.25, 0.3) is 0 Å². The van der Waals surface area contributed by atoms with Crippen LogP contribution in [0.15, 0.2) is 49.6 Å². The van der Waals surface area contributed by atoms with Gasteiger partial charge < -0.3 is 29.3 Å². The molecule has 3 aliphatic rings. The summed E-state index contributed by atoms with van der Waals surface area (Å²) in [5, 5.41) is 10.2. The maximum absolute atomic E-state index is 14.6. The van der Waals surface area contributed by atoms with E-state index in [0.29, 0.717) is 43.9 Å². The molecule has 3 saturated heterocycles. The molecule has 1 aromatic carbocycles. The lowest BCUT2D eigenvalue weighted by atomic mass is 9.64. The lowest BCUT2D eigenvalue weighted by molar-refractivity contribution is -0.158. The van der Waals surface area contributed by atoms with E-state index in [9.17, 15) is 19.5 Å². The third-order valence-corrected chi connectivity index (χ3v) is 9.28. The van der Waals surface area contributed by atoms with Gasteiger partial charge in [-0.3, -0.25) is 14.4 Å². The number of likely N-dealkylation sites (tertiary alicyclic amines) is 1. The Labute approximate surface area is 250 Å². The minimum Gasteiger partial charge on any atom is -0.494 e. The van der Waals surface area contributed by atoms with Gasteiger partial charge in [-0.1, -0.05) is 19.1 Å². The number of hydrogen-bond acceptors (Lipinski definition) is 6. The van der Waals surface area contributed by atoms with E-state index in [1.807, 2.05) is 58.9 Å². The van der Waals surface area contributed by atoms with E-state index in [2.05, 4.69) is 13.2 Å². The molecule has 2 unspecified atom stereocenters. The largest absolute Gasteiger partial charge is 0.494 e. The number of hydrogen-bond donors (Lipinski definition) is 1. The van der Waals surface area contributed by atoms with Crippen molar-refractivity contribution in [3.8, 4) is 5.75 Å². The quantitative estimate of drug-likeness (QED) is 0.376.